The second-order valence-electron chi connectivity index (χ2n) is 4.08. The van der Waals surface area contributed by atoms with Crippen LogP contribution in [-0.4, -0.2) is 30.4 Å². The van der Waals surface area contributed by atoms with E-state index < -0.39 is 18.7 Å². The summed E-state index contributed by atoms with van der Waals surface area (Å²) in [5.41, 5.74) is 6.38. The van der Waals surface area contributed by atoms with Crippen molar-refractivity contribution in [3.05, 3.63) is 23.8 Å². The van der Waals surface area contributed by atoms with Crippen molar-refractivity contribution < 1.29 is 27.8 Å². The highest BCUT2D eigenvalue weighted by molar-refractivity contribution is 5.76. The number of nitrogen functional groups attached to an aromatic ring is 1. The zero-order valence-electron chi connectivity index (χ0n) is 10.5. The van der Waals surface area contributed by atoms with Crippen LogP contribution in [-0.2, 0) is 16.1 Å². The van der Waals surface area contributed by atoms with Gasteiger partial charge >= 0.3 is 6.18 Å². The number of phenols is 1. The van der Waals surface area contributed by atoms with Crippen LogP contribution in [0.15, 0.2) is 18.2 Å². The number of amides is 1. The number of nitrogens with two attached hydrogens (primary N) is 1. The Balaban J connectivity index is 2.28. The van der Waals surface area contributed by atoms with Crippen LogP contribution in [0.3, 0.4) is 0 Å². The highest BCUT2D eigenvalue weighted by atomic mass is 19.4. The highest BCUT2D eigenvalue weighted by Crippen LogP contribution is 2.19. The standard InChI is InChI=1S/C12H15F3N2O3/c13-12(14,15)7-20-4-3-11(19)17-6-8-5-9(16)1-2-10(8)18/h1-2,5,18H,3-4,6-7,16H2,(H,17,19). The molecule has 0 aliphatic heterocycles. The summed E-state index contributed by atoms with van der Waals surface area (Å²) in [6, 6.07) is 4.39. The number of carbonyl (C=O) groups excluding carboxylic acids is 1. The maximum atomic E-state index is 11.8. The third kappa shape index (κ3) is 6.28. The summed E-state index contributed by atoms with van der Waals surface area (Å²) in [6.07, 6.45) is -4.59. The quantitative estimate of drug-likeness (QED) is 0.422. The first kappa shape index (κ1) is 16.1. The summed E-state index contributed by atoms with van der Waals surface area (Å²) in [6.45, 7) is -1.67. The smallest absolute Gasteiger partial charge is 0.411 e. The first-order valence-corrected chi connectivity index (χ1v) is 5.76. The average Bonchev–Trinajstić information content (AvgIpc) is 2.34. The van der Waals surface area contributed by atoms with Crippen LogP contribution in [0.25, 0.3) is 0 Å². The number of halogens is 3. The number of benzene rings is 1. The molecule has 0 spiro atoms. The van der Waals surface area contributed by atoms with Gasteiger partial charge in [-0.3, -0.25) is 4.79 Å². The Hall–Kier alpha value is -1.96. The van der Waals surface area contributed by atoms with Gasteiger partial charge in [-0.1, -0.05) is 0 Å². The topological polar surface area (TPSA) is 84.6 Å². The molecule has 5 nitrogen and oxygen atoms in total. The van der Waals surface area contributed by atoms with Crippen molar-refractivity contribution in [1.29, 1.82) is 0 Å². The third-order valence-corrected chi connectivity index (χ3v) is 2.32. The molecule has 0 saturated heterocycles. The predicted molar refractivity (Wildman–Crippen MR) is 65.9 cm³/mol. The van der Waals surface area contributed by atoms with E-state index in [1.807, 2.05) is 0 Å². The molecule has 1 rings (SSSR count). The molecule has 20 heavy (non-hydrogen) atoms. The van der Waals surface area contributed by atoms with Crippen LogP contribution in [0.2, 0.25) is 0 Å². The Morgan fingerprint density at radius 3 is 2.75 bits per heavy atom. The van der Waals surface area contributed by atoms with Gasteiger partial charge in [-0.15, -0.1) is 0 Å². The fourth-order valence-corrected chi connectivity index (χ4v) is 1.38. The molecule has 0 aliphatic rings. The Bertz CT molecular complexity index is 464. The molecular weight excluding hydrogens is 277 g/mol. The van der Waals surface area contributed by atoms with Gasteiger partial charge in [-0.25, -0.2) is 0 Å². The number of hydrogen-bond acceptors (Lipinski definition) is 4. The maximum absolute atomic E-state index is 11.8. The number of aromatic hydroxyl groups is 1. The lowest BCUT2D eigenvalue weighted by molar-refractivity contribution is -0.174. The summed E-state index contributed by atoms with van der Waals surface area (Å²) >= 11 is 0. The normalized spacial score (nSPS) is 11.3. The molecule has 1 amide bonds. The minimum atomic E-state index is -4.40. The van der Waals surface area contributed by atoms with Crippen LogP contribution >= 0.6 is 0 Å². The van der Waals surface area contributed by atoms with E-state index in [-0.39, 0.29) is 25.3 Å². The van der Waals surface area contributed by atoms with Gasteiger partial charge in [-0.2, -0.15) is 13.2 Å². The number of phenolic OH excluding ortho intramolecular Hbond substituents is 1. The van der Waals surface area contributed by atoms with Crippen LogP contribution in [0.5, 0.6) is 5.75 Å². The van der Waals surface area contributed by atoms with Crippen molar-refractivity contribution in [2.24, 2.45) is 0 Å². The van der Waals surface area contributed by atoms with E-state index >= 15 is 0 Å². The van der Waals surface area contributed by atoms with Crippen LogP contribution < -0.4 is 11.1 Å². The number of anilines is 1. The van der Waals surface area contributed by atoms with E-state index in [0.29, 0.717) is 11.3 Å². The summed E-state index contributed by atoms with van der Waals surface area (Å²) < 4.78 is 39.6. The number of carbonyl (C=O) groups is 1. The van der Waals surface area contributed by atoms with Crippen molar-refractivity contribution >= 4 is 11.6 Å². The van der Waals surface area contributed by atoms with Crippen molar-refractivity contribution in [2.45, 2.75) is 19.1 Å². The van der Waals surface area contributed by atoms with Gasteiger partial charge in [0.2, 0.25) is 5.91 Å². The number of hydrogen-bond donors (Lipinski definition) is 3. The fourth-order valence-electron chi connectivity index (χ4n) is 1.38. The molecule has 0 aliphatic carbocycles. The molecular formula is C12H15F3N2O3. The summed E-state index contributed by atoms with van der Waals surface area (Å²) in [5.74, 6) is -0.498. The van der Waals surface area contributed by atoms with E-state index in [4.69, 9.17) is 5.73 Å². The van der Waals surface area contributed by atoms with E-state index in [2.05, 4.69) is 10.1 Å². The monoisotopic (exact) mass is 292 g/mol. The SMILES string of the molecule is Nc1ccc(O)c(CNC(=O)CCOCC(F)(F)F)c1. The van der Waals surface area contributed by atoms with Crippen LogP contribution in [0.4, 0.5) is 18.9 Å². The third-order valence-electron chi connectivity index (χ3n) is 2.32. The second kappa shape index (κ2) is 6.99. The molecule has 4 N–H and O–H groups in total. The summed E-state index contributed by atoms with van der Waals surface area (Å²) in [4.78, 5) is 11.4. The summed E-state index contributed by atoms with van der Waals surface area (Å²) in [7, 11) is 0. The Kier molecular flexibility index (Phi) is 5.63. The predicted octanol–water partition coefficient (Wildman–Crippen LogP) is 1.56. The van der Waals surface area contributed by atoms with Gasteiger partial charge in [0.05, 0.1) is 6.61 Å². The molecule has 0 heterocycles. The van der Waals surface area contributed by atoms with Gasteiger partial charge < -0.3 is 20.9 Å². The molecule has 0 radical (unpaired) electrons. The number of rotatable bonds is 6. The van der Waals surface area contributed by atoms with Gasteiger partial charge in [0.1, 0.15) is 12.4 Å². The molecule has 0 aromatic heterocycles. The number of ether oxygens (including phenoxy) is 1. The molecule has 112 valence electrons. The van der Waals surface area contributed by atoms with E-state index in [0.717, 1.165) is 0 Å². The first-order chi connectivity index (χ1) is 9.28. The van der Waals surface area contributed by atoms with Gasteiger partial charge in [-0.05, 0) is 18.2 Å². The van der Waals surface area contributed by atoms with Crippen molar-refractivity contribution in [1.82, 2.24) is 5.32 Å². The molecule has 0 unspecified atom stereocenters. The Morgan fingerprint density at radius 2 is 2.10 bits per heavy atom. The second-order valence-corrected chi connectivity index (χ2v) is 4.08. The lowest BCUT2D eigenvalue weighted by Crippen LogP contribution is -2.25. The van der Waals surface area contributed by atoms with Crippen molar-refractivity contribution in [2.75, 3.05) is 18.9 Å². The maximum Gasteiger partial charge on any atom is 0.411 e. The zero-order valence-corrected chi connectivity index (χ0v) is 10.5. The Morgan fingerprint density at radius 1 is 1.40 bits per heavy atom. The molecule has 0 saturated carbocycles. The zero-order chi connectivity index (χ0) is 15.2. The van der Waals surface area contributed by atoms with E-state index in [9.17, 15) is 23.1 Å². The first-order valence-electron chi connectivity index (χ1n) is 5.76. The Labute approximate surface area is 113 Å². The van der Waals surface area contributed by atoms with E-state index in [1.54, 1.807) is 0 Å². The molecule has 0 bridgehead atoms. The summed E-state index contributed by atoms with van der Waals surface area (Å²) in [5, 5.41) is 11.9. The molecule has 1 aromatic carbocycles. The largest absolute Gasteiger partial charge is 0.508 e. The van der Waals surface area contributed by atoms with Gasteiger partial charge in [0.15, 0.2) is 0 Å². The minimum Gasteiger partial charge on any atom is -0.508 e. The molecule has 0 fully saturated rings. The van der Waals surface area contributed by atoms with E-state index in [1.165, 1.54) is 18.2 Å². The minimum absolute atomic E-state index is 0.0205. The molecule has 8 heteroatoms. The van der Waals surface area contributed by atoms with Gasteiger partial charge in [0, 0.05) is 24.2 Å². The van der Waals surface area contributed by atoms with Crippen LogP contribution in [0.1, 0.15) is 12.0 Å². The highest BCUT2D eigenvalue weighted by Gasteiger charge is 2.27. The lowest BCUT2D eigenvalue weighted by Gasteiger charge is -2.09. The van der Waals surface area contributed by atoms with Gasteiger partial charge in [0.25, 0.3) is 0 Å². The lowest BCUT2D eigenvalue weighted by atomic mass is 10.2. The molecule has 0 atom stereocenters. The number of nitrogens with one attached hydrogen (secondary N) is 1. The van der Waals surface area contributed by atoms with Crippen molar-refractivity contribution in [3.63, 3.8) is 0 Å². The van der Waals surface area contributed by atoms with Crippen LogP contribution in [0, 0.1) is 0 Å². The van der Waals surface area contributed by atoms with Crippen molar-refractivity contribution in [3.8, 4) is 5.75 Å². The number of alkyl halides is 3. The average molecular weight is 292 g/mol. The molecule has 1 aromatic rings. The fraction of sp³-hybridized carbons (Fsp3) is 0.417.